The molecule has 0 atom stereocenters. The second-order valence-electron chi connectivity index (χ2n) is 7.66. The topological polar surface area (TPSA) is 58.4 Å². The van der Waals surface area contributed by atoms with Crippen molar-refractivity contribution in [3.8, 4) is 0 Å². The molecule has 6 nitrogen and oxygen atoms in total. The molecule has 1 aromatic carbocycles. The molecule has 0 bridgehead atoms. The third-order valence-electron chi connectivity index (χ3n) is 6.02. The van der Waals surface area contributed by atoms with Gasteiger partial charge in [0.15, 0.2) is 0 Å². The predicted molar refractivity (Wildman–Crippen MR) is 107 cm³/mol. The van der Waals surface area contributed by atoms with Gasteiger partial charge in [-0.1, -0.05) is 0 Å². The summed E-state index contributed by atoms with van der Waals surface area (Å²) in [5, 5.41) is 4.20. The van der Waals surface area contributed by atoms with Crippen LogP contribution in [0.2, 0.25) is 0 Å². The lowest BCUT2D eigenvalue weighted by Gasteiger charge is -2.34. The average Bonchev–Trinajstić information content (AvgIpc) is 3.03. The summed E-state index contributed by atoms with van der Waals surface area (Å²) in [4.78, 5) is 2.79. The molecule has 2 heterocycles. The molecule has 0 saturated carbocycles. The largest absolute Gasteiger partial charge is 0.296 e. The van der Waals surface area contributed by atoms with Crippen molar-refractivity contribution in [3.63, 3.8) is 0 Å². The van der Waals surface area contributed by atoms with Crippen LogP contribution in [-0.4, -0.2) is 53.6 Å². The molecule has 0 unspecified atom stereocenters. The molecule has 1 fully saturated rings. The summed E-state index contributed by atoms with van der Waals surface area (Å²) in [6.45, 7) is 13.3. The highest BCUT2D eigenvalue weighted by Gasteiger charge is 2.32. The number of rotatable bonds is 4. The van der Waals surface area contributed by atoms with Gasteiger partial charge >= 0.3 is 0 Å². The quantitative estimate of drug-likeness (QED) is 0.805. The van der Waals surface area contributed by atoms with Crippen molar-refractivity contribution in [3.05, 3.63) is 45.8 Å². The Balaban J connectivity index is 1.80. The molecule has 148 valence electrons. The SMILES string of the molecule is Cc1c(C)c(C)c(S(=O)(=O)N2CCN(Cc3cnn(C)c3)CC2)c(C)c1C. The van der Waals surface area contributed by atoms with Gasteiger partial charge in [-0.15, -0.1) is 0 Å². The van der Waals surface area contributed by atoms with E-state index in [1.54, 1.807) is 8.99 Å². The van der Waals surface area contributed by atoms with Gasteiger partial charge in [-0.3, -0.25) is 9.58 Å². The van der Waals surface area contributed by atoms with E-state index in [0.29, 0.717) is 18.0 Å². The fourth-order valence-corrected chi connectivity index (χ4v) is 5.90. The second kappa shape index (κ2) is 7.37. The minimum absolute atomic E-state index is 0.504. The van der Waals surface area contributed by atoms with Gasteiger partial charge in [-0.05, 0) is 62.4 Å². The molecule has 1 aliphatic heterocycles. The highest BCUT2D eigenvalue weighted by Crippen LogP contribution is 2.32. The number of aromatic nitrogens is 2. The van der Waals surface area contributed by atoms with E-state index in [4.69, 9.17) is 0 Å². The van der Waals surface area contributed by atoms with Crippen LogP contribution in [0.25, 0.3) is 0 Å². The van der Waals surface area contributed by atoms with Gasteiger partial charge in [0.25, 0.3) is 0 Å². The Morgan fingerprint density at radius 3 is 1.89 bits per heavy atom. The lowest BCUT2D eigenvalue weighted by atomic mass is 9.95. The zero-order chi connectivity index (χ0) is 19.9. The number of sulfonamides is 1. The van der Waals surface area contributed by atoms with Crippen molar-refractivity contribution in [2.45, 2.75) is 46.1 Å². The number of hydrogen-bond donors (Lipinski definition) is 0. The van der Waals surface area contributed by atoms with Crippen molar-refractivity contribution in [2.75, 3.05) is 26.2 Å². The van der Waals surface area contributed by atoms with Gasteiger partial charge in [0.2, 0.25) is 10.0 Å². The monoisotopic (exact) mass is 390 g/mol. The van der Waals surface area contributed by atoms with Crippen LogP contribution >= 0.6 is 0 Å². The Labute approximate surface area is 162 Å². The maximum absolute atomic E-state index is 13.4. The van der Waals surface area contributed by atoms with Gasteiger partial charge in [0, 0.05) is 51.5 Å². The average molecular weight is 391 g/mol. The molecular weight excluding hydrogens is 360 g/mol. The van der Waals surface area contributed by atoms with Gasteiger partial charge in [-0.2, -0.15) is 9.40 Å². The Hall–Kier alpha value is -1.70. The van der Waals surface area contributed by atoms with E-state index in [0.717, 1.165) is 47.5 Å². The maximum Gasteiger partial charge on any atom is 0.243 e. The van der Waals surface area contributed by atoms with Crippen molar-refractivity contribution >= 4 is 10.0 Å². The van der Waals surface area contributed by atoms with Crippen LogP contribution in [0.5, 0.6) is 0 Å². The molecule has 0 aliphatic carbocycles. The fraction of sp³-hybridized carbons (Fsp3) is 0.550. The van der Waals surface area contributed by atoms with Crippen molar-refractivity contribution in [1.82, 2.24) is 19.0 Å². The highest BCUT2D eigenvalue weighted by atomic mass is 32.2. The van der Waals surface area contributed by atoms with E-state index in [-0.39, 0.29) is 0 Å². The smallest absolute Gasteiger partial charge is 0.243 e. The van der Waals surface area contributed by atoms with Gasteiger partial charge < -0.3 is 0 Å². The first-order valence-corrected chi connectivity index (χ1v) is 10.8. The van der Waals surface area contributed by atoms with Crippen LogP contribution < -0.4 is 0 Å². The molecule has 1 saturated heterocycles. The van der Waals surface area contributed by atoms with Gasteiger partial charge in [0.05, 0.1) is 11.1 Å². The van der Waals surface area contributed by atoms with Crippen LogP contribution in [0.1, 0.15) is 33.4 Å². The standard InChI is InChI=1S/C20H30N4O2S/c1-14-15(2)17(4)20(18(5)16(14)3)27(25,26)24-9-7-23(8-10-24)13-19-11-21-22(6)12-19/h11-12H,7-10,13H2,1-6H3. The number of benzene rings is 1. The third kappa shape index (κ3) is 3.68. The van der Waals surface area contributed by atoms with Crippen molar-refractivity contribution in [2.24, 2.45) is 7.05 Å². The summed E-state index contributed by atoms with van der Waals surface area (Å²) in [7, 11) is -1.58. The van der Waals surface area contributed by atoms with E-state index in [2.05, 4.69) is 16.9 Å². The van der Waals surface area contributed by atoms with E-state index in [9.17, 15) is 8.42 Å². The molecule has 0 spiro atoms. The van der Waals surface area contributed by atoms with Crippen LogP contribution in [0.4, 0.5) is 0 Å². The van der Waals surface area contributed by atoms with E-state index in [1.807, 2.05) is 47.1 Å². The number of hydrogen-bond acceptors (Lipinski definition) is 4. The fourth-order valence-electron chi connectivity index (χ4n) is 3.92. The molecule has 1 aliphatic rings. The minimum Gasteiger partial charge on any atom is -0.296 e. The van der Waals surface area contributed by atoms with E-state index >= 15 is 0 Å². The molecule has 27 heavy (non-hydrogen) atoms. The van der Waals surface area contributed by atoms with E-state index < -0.39 is 10.0 Å². The van der Waals surface area contributed by atoms with Gasteiger partial charge in [0.1, 0.15) is 0 Å². The lowest BCUT2D eigenvalue weighted by Crippen LogP contribution is -2.48. The molecule has 1 aromatic heterocycles. The zero-order valence-corrected chi connectivity index (χ0v) is 18.0. The summed E-state index contributed by atoms with van der Waals surface area (Å²) in [5.74, 6) is 0. The number of nitrogens with zero attached hydrogens (tertiary/aromatic N) is 4. The van der Waals surface area contributed by atoms with Crippen molar-refractivity contribution in [1.29, 1.82) is 0 Å². The Morgan fingerprint density at radius 2 is 1.41 bits per heavy atom. The highest BCUT2D eigenvalue weighted by molar-refractivity contribution is 7.89. The van der Waals surface area contributed by atoms with E-state index in [1.165, 1.54) is 5.56 Å². The van der Waals surface area contributed by atoms with Crippen LogP contribution in [-0.2, 0) is 23.6 Å². The summed E-state index contributed by atoms with van der Waals surface area (Å²) in [5.41, 5.74) is 6.26. The Bertz CT molecular complexity index is 926. The Kier molecular flexibility index (Phi) is 5.47. The normalized spacial score (nSPS) is 16.8. The van der Waals surface area contributed by atoms with Crippen LogP contribution in [0.15, 0.2) is 17.3 Å². The van der Waals surface area contributed by atoms with Crippen LogP contribution in [0.3, 0.4) is 0 Å². The van der Waals surface area contributed by atoms with Gasteiger partial charge in [-0.25, -0.2) is 8.42 Å². The molecular formula is C20H30N4O2S. The first kappa shape index (κ1) is 20.0. The summed E-state index contributed by atoms with van der Waals surface area (Å²) in [6.07, 6.45) is 3.88. The van der Waals surface area contributed by atoms with Crippen LogP contribution in [0, 0.1) is 34.6 Å². The lowest BCUT2D eigenvalue weighted by molar-refractivity contribution is 0.181. The maximum atomic E-state index is 13.4. The molecule has 0 N–H and O–H groups in total. The minimum atomic E-state index is -3.49. The molecule has 7 heteroatoms. The third-order valence-corrected chi connectivity index (χ3v) is 8.20. The Morgan fingerprint density at radius 1 is 0.889 bits per heavy atom. The summed E-state index contributed by atoms with van der Waals surface area (Å²) >= 11 is 0. The molecule has 0 radical (unpaired) electrons. The molecule has 3 rings (SSSR count). The first-order valence-electron chi connectivity index (χ1n) is 9.40. The summed E-state index contributed by atoms with van der Waals surface area (Å²) in [6, 6.07) is 0. The number of aryl methyl sites for hydroxylation is 1. The predicted octanol–water partition coefficient (Wildman–Crippen LogP) is 2.47. The zero-order valence-electron chi connectivity index (χ0n) is 17.2. The second-order valence-corrected chi connectivity index (χ2v) is 9.53. The van der Waals surface area contributed by atoms with Crippen molar-refractivity contribution < 1.29 is 8.42 Å². The first-order chi connectivity index (χ1) is 12.6. The summed E-state index contributed by atoms with van der Waals surface area (Å²) < 4.78 is 30.3. The molecule has 2 aromatic rings. The number of piperazine rings is 1. The molecule has 0 amide bonds.